The van der Waals surface area contributed by atoms with Crippen LogP contribution in [0.2, 0.25) is 0 Å². The zero-order valence-electron chi connectivity index (χ0n) is 4.36. The van der Waals surface area contributed by atoms with Crippen molar-refractivity contribution in [3.8, 4) is 0 Å². The van der Waals surface area contributed by atoms with Crippen molar-refractivity contribution in [2.45, 2.75) is 6.92 Å². The summed E-state index contributed by atoms with van der Waals surface area (Å²) in [5.74, 6) is 1.08. The molecule has 0 fully saturated rings. The van der Waals surface area contributed by atoms with Gasteiger partial charge in [0.15, 0.2) is 0 Å². The van der Waals surface area contributed by atoms with E-state index in [0.717, 1.165) is 18.9 Å². The first-order valence-corrected chi connectivity index (χ1v) is 2.14. The van der Waals surface area contributed by atoms with E-state index in [0.29, 0.717) is 0 Å². The molecular weight excluding hydrogens is 108 g/mol. The van der Waals surface area contributed by atoms with Crippen molar-refractivity contribution in [2.75, 3.05) is 13.1 Å². The minimum atomic E-state index is 0. The van der Waals surface area contributed by atoms with E-state index in [2.05, 4.69) is 10.3 Å². The van der Waals surface area contributed by atoms with Gasteiger partial charge in [-0.15, -0.1) is 0 Å². The van der Waals surface area contributed by atoms with Gasteiger partial charge in [-0.3, -0.25) is 4.99 Å². The summed E-state index contributed by atoms with van der Waals surface area (Å²) >= 11 is 0. The smallest absolute Gasteiger partial charge is 0.0933 e. The van der Waals surface area contributed by atoms with Gasteiger partial charge < -0.3 is 5.32 Å². The molecule has 3 heteroatoms. The van der Waals surface area contributed by atoms with Crippen LogP contribution in [0.1, 0.15) is 6.92 Å². The fourth-order valence-electron chi connectivity index (χ4n) is 0.516. The van der Waals surface area contributed by atoms with Crippen molar-refractivity contribution >= 4 is 19.3 Å². The van der Waals surface area contributed by atoms with Crippen molar-refractivity contribution in [3.63, 3.8) is 0 Å². The molecule has 1 aliphatic rings. The van der Waals surface area contributed by atoms with Gasteiger partial charge in [-0.05, 0) is 6.92 Å². The summed E-state index contributed by atoms with van der Waals surface area (Å²) in [5, 5.41) is 3.07. The molecule has 0 aliphatic carbocycles. The van der Waals surface area contributed by atoms with E-state index in [1.165, 1.54) is 0 Å². The normalized spacial score (nSPS) is 17.0. The number of hydrogen-bond donors (Lipinski definition) is 1. The van der Waals surface area contributed by atoms with Gasteiger partial charge in [-0.25, -0.2) is 0 Å². The van der Waals surface area contributed by atoms with E-state index < -0.39 is 0 Å². The first-order chi connectivity index (χ1) is 2.89. The van der Waals surface area contributed by atoms with E-state index in [1.807, 2.05) is 6.92 Å². The highest BCUT2D eigenvalue weighted by Gasteiger charge is 1.93. The van der Waals surface area contributed by atoms with Crippen molar-refractivity contribution in [3.05, 3.63) is 0 Å². The quantitative estimate of drug-likeness (QED) is 0.480. The van der Waals surface area contributed by atoms with Crippen LogP contribution in [0.3, 0.4) is 0 Å². The Morgan fingerprint density at radius 2 is 2.43 bits per heavy atom. The highest BCUT2D eigenvalue weighted by Crippen LogP contribution is 1.79. The Bertz CT molecular complexity index is 79.8. The fourth-order valence-corrected chi connectivity index (χ4v) is 0.516. The second-order valence-corrected chi connectivity index (χ2v) is 1.39. The maximum absolute atomic E-state index is 4.04. The zero-order valence-corrected chi connectivity index (χ0v) is 5.36. The van der Waals surface area contributed by atoms with Gasteiger partial charge in [-0.2, -0.15) is 13.5 Å². The number of nitrogens with one attached hydrogen (secondary N) is 1. The van der Waals surface area contributed by atoms with Gasteiger partial charge in [-0.1, -0.05) is 0 Å². The number of hydrogen-bond acceptors (Lipinski definition) is 2. The molecule has 2 nitrogen and oxygen atoms in total. The molecule has 0 radical (unpaired) electrons. The Morgan fingerprint density at radius 1 is 1.71 bits per heavy atom. The molecule has 1 N–H and O–H groups in total. The highest BCUT2D eigenvalue weighted by molar-refractivity contribution is 7.59. The standard InChI is InChI=1S/C4H8N2.H2S/c1-4-5-2-3-6-4;/h2-3H2,1H3,(H,5,6);1H2. The van der Waals surface area contributed by atoms with E-state index >= 15 is 0 Å². The minimum Gasteiger partial charge on any atom is -0.372 e. The second kappa shape index (κ2) is 2.91. The maximum atomic E-state index is 4.04. The summed E-state index contributed by atoms with van der Waals surface area (Å²) in [7, 11) is 0. The van der Waals surface area contributed by atoms with E-state index in [-0.39, 0.29) is 13.5 Å². The molecule has 0 saturated carbocycles. The average molecular weight is 118 g/mol. The molecule has 0 aromatic heterocycles. The van der Waals surface area contributed by atoms with Crippen LogP contribution in [0.5, 0.6) is 0 Å². The van der Waals surface area contributed by atoms with Gasteiger partial charge in [0.05, 0.1) is 12.4 Å². The largest absolute Gasteiger partial charge is 0.372 e. The lowest BCUT2D eigenvalue weighted by Gasteiger charge is -1.85. The topological polar surface area (TPSA) is 24.4 Å². The van der Waals surface area contributed by atoms with Crippen molar-refractivity contribution in [1.29, 1.82) is 0 Å². The molecule has 0 unspecified atom stereocenters. The Balaban J connectivity index is 0.000000360. The van der Waals surface area contributed by atoms with Gasteiger partial charge in [0, 0.05) is 6.54 Å². The lowest BCUT2D eigenvalue weighted by molar-refractivity contribution is 0.958. The van der Waals surface area contributed by atoms with Gasteiger partial charge in [0.2, 0.25) is 0 Å². The second-order valence-electron chi connectivity index (χ2n) is 1.39. The summed E-state index contributed by atoms with van der Waals surface area (Å²) in [6, 6.07) is 0. The molecule has 0 amide bonds. The van der Waals surface area contributed by atoms with Crippen LogP contribution in [0, 0.1) is 0 Å². The fraction of sp³-hybridized carbons (Fsp3) is 0.750. The molecule has 7 heavy (non-hydrogen) atoms. The minimum absolute atomic E-state index is 0. The molecular formula is C4H10N2S. The lowest BCUT2D eigenvalue weighted by Crippen LogP contribution is -2.13. The first-order valence-electron chi connectivity index (χ1n) is 2.14. The predicted octanol–water partition coefficient (Wildman–Crippen LogP) is 0.121. The number of amidine groups is 1. The summed E-state index contributed by atoms with van der Waals surface area (Å²) < 4.78 is 0. The van der Waals surface area contributed by atoms with E-state index in [1.54, 1.807) is 0 Å². The lowest BCUT2D eigenvalue weighted by atomic mass is 10.7. The van der Waals surface area contributed by atoms with Gasteiger partial charge >= 0.3 is 0 Å². The van der Waals surface area contributed by atoms with Crippen LogP contribution in [-0.4, -0.2) is 18.9 Å². The Morgan fingerprint density at radius 3 is 2.57 bits per heavy atom. The summed E-state index contributed by atoms with van der Waals surface area (Å²) in [6.07, 6.45) is 0. The molecule has 0 aromatic rings. The monoisotopic (exact) mass is 118 g/mol. The van der Waals surface area contributed by atoms with Gasteiger partial charge in [0.25, 0.3) is 0 Å². The molecule has 0 bridgehead atoms. The summed E-state index contributed by atoms with van der Waals surface area (Å²) in [4.78, 5) is 4.04. The third-order valence-corrected chi connectivity index (χ3v) is 0.842. The predicted molar refractivity (Wildman–Crippen MR) is 36.4 cm³/mol. The zero-order chi connectivity index (χ0) is 4.41. The first kappa shape index (κ1) is 6.82. The van der Waals surface area contributed by atoms with E-state index in [9.17, 15) is 0 Å². The number of aliphatic imine (C=N–C) groups is 1. The summed E-state index contributed by atoms with van der Waals surface area (Å²) in [6.45, 7) is 3.98. The number of rotatable bonds is 0. The molecule has 0 atom stereocenters. The third-order valence-electron chi connectivity index (χ3n) is 0.842. The molecule has 0 aromatic carbocycles. The van der Waals surface area contributed by atoms with Crippen molar-refractivity contribution < 1.29 is 0 Å². The van der Waals surface area contributed by atoms with Crippen molar-refractivity contribution in [2.24, 2.45) is 4.99 Å². The molecule has 1 heterocycles. The van der Waals surface area contributed by atoms with Crippen LogP contribution in [0.15, 0.2) is 4.99 Å². The van der Waals surface area contributed by atoms with Crippen LogP contribution >= 0.6 is 13.5 Å². The third kappa shape index (κ3) is 1.83. The Labute approximate surface area is 50.5 Å². The van der Waals surface area contributed by atoms with E-state index in [4.69, 9.17) is 0 Å². The molecule has 1 aliphatic heterocycles. The Kier molecular flexibility index (Phi) is 2.83. The van der Waals surface area contributed by atoms with Gasteiger partial charge in [0.1, 0.15) is 0 Å². The SMILES string of the molecule is CC1=NCCN1.S. The molecule has 0 saturated heterocycles. The Hall–Kier alpha value is -0.180. The number of nitrogens with zero attached hydrogens (tertiary/aromatic N) is 1. The van der Waals surface area contributed by atoms with Crippen LogP contribution in [0.4, 0.5) is 0 Å². The van der Waals surface area contributed by atoms with Crippen molar-refractivity contribution in [1.82, 2.24) is 5.32 Å². The van der Waals surface area contributed by atoms with Crippen LogP contribution < -0.4 is 5.32 Å². The molecule has 42 valence electrons. The molecule has 0 spiro atoms. The highest BCUT2D eigenvalue weighted by atomic mass is 32.1. The maximum Gasteiger partial charge on any atom is 0.0933 e. The van der Waals surface area contributed by atoms with Crippen LogP contribution in [-0.2, 0) is 0 Å². The average Bonchev–Trinajstić information content (AvgIpc) is 1.86. The molecule has 1 rings (SSSR count). The van der Waals surface area contributed by atoms with Crippen LogP contribution in [0.25, 0.3) is 0 Å². The summed E-state index contributed by atoms with van der Waals surface area (Å²) in [5.41, 5.74) is 0.